The number of nitrogens with two attached hydrogens (primary N) is 1. The van der Waals surface area contributed by atoms with Crippen LogP contribution in [0.4, 0.5) is 17.2 Å². The lowest BCUT2D eigenvalue weighted by Crippen LogP contribution is -2.31. The summed E-state index contributed by atoms with van der Waals surface area (Å²) < 4.78 is 6.14. The number of nitrogens with one attached hydrogen (secondary N) is 1. The SMILES string of the molecule is CN(C)c1ccc(/C=N\NC(=O)c2nnn(-c3nonc3N)c2CN2CCCc3ccccc32)cc1. The van der Waals surface area contributed by atoms with E-state index in [1.54, 1.807) is 6.21 Å². The molecular formula is C24H26N10O2. The minimum atomic E-state index is -0.502. The summed E-state index contributed by atoms with van der Waals surface area (Å²) in [7, 11) is 3.94. The molecule has 2 aromatic carbocycles. The van der Waals surface area contributed by atoms with Gasteiger partial charge in [0.25, 0.3) is 5.91 Å². The maximum absolute atomic E-state index is 13.1. The highest BCUT2D eigenvalue weighted by molar-refractivity contribution is 5.94. The van der Waals surface area contributed by atoms with Crippen LogP contribution in [-0.4, -0.2) is 58.1 Å². The molecule has 0 radical (unpaired) electrons. The van der Waals surface area contributed by atoms with Crippen LogP contribution >= 0.6 is 0 Å². The van der Waals surface area contributed by atoms with E-state index in [9.17, 15) is 4.79 Å². The molecule has 0 saturated heterocycles. The van der Waals surface area contributed by atoms with Gasteiger partial charge in [-0.1, -0.05) is 35.5 Å². The van der Waals surface area contributed by atoms with Crippen molar-refractivity contribution in [1.29, 1.82) is 0 Å². The van der Waals surface area contributed by atoms with Crippen LogP contribution in [0.1, 0.15) is 33.7 Å². The quantitative estimate of drug-likeness (QED) is 0.296. The number of benzene rings is 2. The number of fused-ring (bicyclic) bond motifs is 1. The third-order valence-electron chi connectivity index (χ3n) is 6.01. The Morgan fingerprint density at radius 1 is 1.19 bits per heavy atom. The number of anilines is 3. The van der Waals surface area contributed by atoms with Gasteiger partial charge in [-0.2, -0.15) is 9.78 Å². The highest BCUT2D eigenvalue weighted by atomic mass is 16.6. The number of aryl methyl sites for hydroxylation is 1. The van der Waals surface area contributed by atoms with Crippen molar-refractivity contribution in [2.24, 2.45) is 5.10 Å². The van der Waals surface area contributed by atoms with E-state index in [2.05, 4.69) is 48.2 Å². The zero-order valence-corrected chi connectivity index (χ0v) is 20.0. The number of hydrazone groups is 1. The van der Waals surface area contributed by atoms with Crippen molar-refractivity contribution in [3.63, 3.8) is 0 Å². The average Bonchev–Trinajstić information content (AvgIpc) is 3.50. The van der Waals surface area contributed by atoms with E-state index in [4.69, 9.17) is 10.4 Å². The van der Waals surface area contributed by atoms with Gasteiger partial charge in [0.05, 0.1) is 18.5 Å². The summed E-state index contributed by atoms with van der Waals surface area (Å²) in [6.07, 6.45) is 3.56. The monoisotopic (exact) mass is 486 g/mol. The Hall–Kier alpha value is -4.74. The normalized spacial score (nSPS) is 13.1. The van der Waals surface area contributed by atoms with Crippen LogP contribution in [0.2, 0.25) is 0 Å². The Bertz CT molecular complexity index is 1390. The minimum absolute atomic E-state index is 0.0475. The zero-order chi connectivity index (χ0) is 25.1. The first-order chi connectivity index (χ1) is 17.5. The molecule has 184 valence electrons. The molecule has 2 aromatic heterocycles. The molecule has 36 heavy (non-hydrogen) atoms. The summed E-state index contributed by atoms with van der Waals surface area (Å²) in [4.78, 5) is 17.3. The van der Waals surface area contributed by atoms with E-state index >= 15 is 0 Å². The van der Waals surface area contributed by atoms with Crippen LogP contribution in [0, 0.1) is 0 Å². The van der Waals surface area contributed by atoms with Gasteiger partial charge in [0.1, 0.15) is 0 Å². The molecule has 4 aromatic rings. The number of carbonyl (C=O) groups is 1. The number of hydrogen-bond acceptors (Lipinski definition) is 10. The minimum Gasteiger partial charge on any atom is -0.378 e. The van der Waals surface area contributed by atoms with Gasteiger partial charge in [0.15, 0.2) is 5.69 Å². The van der Waals surface area contributed by atoms with Crippen molar-refractivity contribution in [1.82, 2.24) is 30.7 Å². The standard InChI is InChI=1S/C24H26N10O2/c1-32(2)18-11-9-16(10-12-18)14-26-28-24(35)21-20(34(31-27-21)23-22(25)29-36-30-23)15-33-13-5-7-17-6-3-4-8-19(17)33/h3-4,6,8-12,14H,5,7,13,15H2,1-2H3,(H2,25,29)(H,28,35)/b26-14-. The summed E-state index contributed by atoms with van der Waals surface area (Å²) in [5.41, 5.74) is 13.3. The number of hydrogen-bond donors (Lipinski definition) is 2. The van der Waals surface area contributed by atoms with Gasteiger partial charge < -0.3 is 15.5 Å². The van der Waals surface area contributed by atoms with Crippen molar-refractivity contribution in [2.45, 2.75) is 19.4 Å². The molecule has 3 heterocycles. The van der Waals surface area contributed by atoms with E-state index in [0.29, 0.717) is 12.2 Å². The number of para-hydroxylation sites is 1. The predicted octanol–water partition coefficient (Wildman–Crippen LogP) is 2.02. The lowest BCUT2D eigenvalue weighted by Gasteiger charge is -2.31. The van der Waals surface area contributed by atoms with Crippen molar-refractivity contribution >= 4 is 29.3 Å². The Labute approximate surface area is 207 Å². The maximum atomic E-state index is 13.1. The Morgan fingerprint density at radius 2 is 2.00 bits per heavy atom. The van der Waals surface area contributed by atoms with E-state index in [-0.39, 0.29) is 17.3 Å². The summed E-state index contributed by atoms with van der Waals surface area (Å²) in [5.74, 6) is -0.282. The summed E-state index contributed by atoms with van der Waals surface area (Å²) in [6.45, 7) is 1.17. The molecule has 5 rings (SSSR count). The molecule has 0 aliphatic carbocycles. The van der Waals surface area contributed by atoms with Crippen molar-refractivity contribution in [3.8, 4) is 5.82 Å². The molecule has 1 amide bonds. The van der Waals surface area contributed by atoms with Crippen LogP contribution in [-0.2, 0) is 13.0 Å². The lowest BCUT2D eigenvalue weighted by atomic mass is 10.0. The van der Waals surface area contributed by atoms with E-state index in [0.717, 1.165) is 36.3 Å². The van der Waals surface area contributed by atoms with Crippen molar-refractivity contribution < 1.29 is 9.42 Å². The van der Waals surface area contributed by atoms with Crippen LogP contribution in [0.15, 0.2) is 58.3 Å². The zero-order valence-electron chi connectivity index (χ0n) is 20.0. The highest BCUT2D eigenvalue weighted by Gasteiger charge is 2.27. The van der Waals surface area contributed by atoms with Gasteiger partial charge in [-0.15, -0.1) is 5.10 Å². The number of carbonyl (C=O) groups excluding carboxylic acids is 1. The molecule has 0 unspecified atom stereocenters. The second-order valence-electron chi connectivity index (χ2n) is 8.61. The predicted molar refractivity (Wildman–Crippen MR) is 135 cm³/mol. The smallest absolute Gasteiger partial charge is 0.293 e. The molecule has 3 N–H and O–H groups in total. The third-order valence-corrected chi connectivity index (χ3v) is 6.01. The Kier molecular flexibility index (Phi) is 6.31. The molecular weight excluding hydrogens is 460 g/mol. The molecule has 0 fully saturated rings. The lowest BCUT2D eigenvalue weighted by molar-refractivity contribution is 0.0949. The van der Waals surface area contributed by atoms with E-state index in [1.165, 1.54) is 10.2 Å². The number of nitrogens with zero attached hydrogens (tertiary/aromatic N) is 8. The Balaban J connectivity index is 1.41. The van der Waals surface area contributed by atoms with Crippen LogP contribution in [0.5, 0.6) is 0 Å². The molecule has 1 aliphatic heterocycles. The Morgan fingerprint density at radius 3 is 2.75 bits per heavy atom. The third kappa shape index (κ3) is 4.60. The van der Waals surface area contributed by atoms with E-state index < -0.39 is 5.91 Å². The van der Waals surface area contributed by atoms with Gasteiger partial charge in [0, 0.05) is 32.0 Å². The van der Waals surface area contributed by atoms with Crippen LogP contribution in [0.3, 0.4) is 0 Å². The van der Waals surface area contributed by atoms with Gasteiger partial charge in [0.2, 0.25) is 11.6 Å². The van der Waals surface area contributed by atoms with E-state index in [1.807, 2.05) is 55.4 Å². The first-order valence-electron chi connectivity index (χ1n) is 11.5. The number of aromatic nitrogens is 5. The fraction of sp³-hybridized carbons (Fsp3) is 0.250. The summed E-state index contributed by atoms with van der Waals surface area (Å²) in [6, 6.07) is 16.0. The van der Waals surface area contributed by atoms with Gasteiger partial charge in [-0.3, -0.25) is 4.79 Å². The van der Waals surface area contributed by atoms with Gasteiger partial charge >= 0.3 is 0 Å². The fourth-order valence-electron chi connectivity index (χ4n) is 4.16. The molecule has 0 bridgehead atoms. The molecule has 0 saturated carbocycles. The van der Waals surface area contributed by atoms with Gasteiger partial charge in [-0.25, -0.2) is 10.1 Å². The summed E-state index contributed by atoms with van der Waals surface area (Å²) in [5, 5.41) is 19.8. The highest BCUT2D eigenvalue weighted by Crippen LogP contribution is 2.29. The van der Waals surface area contributed by atoms with Gasteiger partial charge in [-0.05, 0) is 52.5 Å². The maximum Gasteiger partial charge on any atom is 0.293 e. The first-order valence-corrected chi connectivity index (χ1v) is 11.5. The second-order valence-corrected chi connectivity index (χ2v) is 8.61. The molecule has 12 nitrogen and oxygen atoms in total. The molecule has 12 heteroatoms. The molecule has 0 atom stereocenters. The van der Waals surface area contributed by atoms with Crippen LogP contribution in [0.25, 0.3) is 5.82 Å². The van der Waals surface area contributed by atoms with Crippen molar-refractivity contribution in [3.05, 3.63) is 71.0 Å². The topological polar surface area (TPSA) is 144 Å². The van der Waals surface area contributed by atoms with Crippen LogP contribution < -0.4 is 21.0 Å². The first kappa shape index (κ1) is 23.0. The average molecular weight is 487 g/mol. The van der Waals surface area contributed by atoms with Crippen molar-refractivity contribution in [2.75, 3.05) is 36.2 Å². The second kappa shape index (κ2) is 9.86. The number of nitrogen functional groups attached to an aromatic ring is 1. The largest absolute Gasteiger partial charge is 0.378 e. The molecule has 1 aliphatic rings. The fourth-order valence-corrected chi connectivity index (χ4v) is 4.16. The number of rotatable bonds is 7. The number of amides is 1. The summed E-state index contributed by atoms with van der Waals surface area (Å²) >= 11 is 0. The molecule has 0 spiro atoms.